The molecule has 1 fully saturated rings. The van der Waals surface area contributed by atoms with Crippen LogP contribution in [0.25, 0.3) is 0 Å². The van der Waals surface area contributed by atoms with Crippen LogP contribution in [0.15, 0.2) is 0 Å². The quantitative estimate of drug-likeness (QED) is 0.750. The average molecular weight is 268 g/mol. The van der Waals surface area contributed by atoms with Gasteiger partial charge in [0.25, 0.3) is 0 Å². The molecule has 1 aliphatic heterocycles. The Labute approximate surface area is 103 Å². The molecule has 0 aromatic heterocycles. The summed E-state index contributed by atoms with van der Waals surface area (Å²) < 4.78 is 16.0. The Morgan fingerprint density at radius 3 is 2.81 bits per heavy atom. The van der Waals surface area contributed by atoms with Crippen LogP contribution in [0.3, 0.4) is 0 Å². The van der Waals surface area contributed by atoms with Gasteiger partial charge in [0, 0.05) is 6.61 Å². The Kier molecular flexibility index (Phi) is 5.85. The van der Waals surface area contributed by atoms with E-state index in [9.17, 15) is 4.89 Å². The molecule has 0 aromatic rings. The van der Waals surface area contributed by atoms with Crippen LogP contribution in [-0.2, 0) is 25.6 Å². The first kappa shape index (κ1) is 14.6. The fraction of sp³-hybridized carbons (Fsp3) is 1.00. The maximum atomic E-state index is 9.73. The monoisotopic (exact) mass is 268 g/mol. The maximum absolute atomic E-state index is 9.73. The van der Waals surface area contributed by atoms with E-state index in [4.69, 9.17) is 25.6 Å². The summed E-state index contributed by atoms with van der Waals surface area (Å²) in [5.41, 5.74) is 0. The second kappa shape index (κ2) is 6.43. The van der Waals surface area contributed by atoms with Gasteiger partial charge in [-0.15, -0.1) is 0 Å². The van der Waals surface area contributed by atoms with E-state index in [0.717, 1.165) is 19.4 Å². The third kappa shape index (κ3) is 4.78. The lowest BCUT2D eigenvalue weighted by atomic mass is 9.99. The molecule has 1 rings (SSSR count). The highest BCUT2D eigenvalue weighted by molar-refractivity contribution is 8.07. The van der Waals surface area contributed by atoms with Crippen molar-refractivity contribution < 1.29 is 18.7 Å². The maximum Gasteiger partial charge on any atom is 0.324 e. The molecule has 1 heterocycles. The van der Waals surface area contributed by atoms with Crippen LogP contribution in [0, 0.1) is 5.92 Å². The summed E-state index contributed by atoms with van der Waals surface area (Å²) >= 11 is 4.90. The summed E-state index contributed by atoms with van der Waals surface area (Å²) in [5.74, 6) is 0.508. The second-order valence-electron chi connectivity index (χ2n) is 4.28. The summed E-state index contributed by atoms with van der Waals surface area (Å²) in [7, 11) is 0. The highest BCUT2D eigenvalue weighted by Gasteiger charge is 2.29. The SMILES string of the molecule is CC[C@H]1CCOC1COP(O)(=S)OC(C)C. The van der Waals surface area contributed by atoms with E-state index >= 15 is 0 Å². The van der Waals surface area contributed by atoms with Crippen LogP contribution in [-0.4, -0.2) is 30.3 Å². The molecule has 16 heavy (non-hydrogen) atoms. The number of ether oxygens (including phenoxy) is 1. The molecular weight excluding hydrogens is 247 g/mol. The highest BCUT2D eigenvalue weighted by Crippen LogP contribution is 2.45. The number of hydrogen-bond donors (Lipinski definition) is 1. The first-order valence-corrected chi connectivity index (χ1v) is 8.31. The fourth-order valence-corrected chi connectivity index (χ4v) is 3.44. The molecule has 4 nitrogen and oxygen atoms in total. The van der Waals surface area contributed by atoms with Gasteiger partial charge >= 0.3 is 6.72 Å². The van der Waals surface area contributed by atoms with Crippen molar-refractivity contribution in [2.45, 2.75) is 45.8 Å². The van der Waals surface area contributed by atoms with Crippen LogP contribution < -0.4 is 0 Å². The second-order valence-corrected chi connectivity index (χ2v) is 7.08. The third-order valence-corrected chi connectivity index (χ3v) is 4.35. The molecule has 0 bridgehead atoms. The zero-order valence-electron chi connectivity index (χ0n) is 10.1. The molecule has 2 unspecified atom stereocenters. The summed E-state index contributed by atoms with van der Waals surface area (Å²) in [6, 6.07) is 0. The lowest BCUT2D eigenvalue weighted by Crippen LogP contribution is -2.21. The van der Waals surface area contributed by atoms with Crippen molar-refractivity contribution >= 4 is 18.5 Å². The molecule has 0 amide bonds. The van der Waals surface area contributed by atoms with Crippen molar-refractivity contribution in [2.24, 2.45) is 5.92 Å². The highest BCUT2D eigenvalue weighted by atomic mass is 32.5. The lowest BCUT2D eigenvalue weighted by molar-refractivity contribution is 0.0368. The zero-order valence-corrected chi connectivity index (χ0v) is 11.8. The molecule has 0 aliphatic carbocycles. The Morgan fingerprint density at radius 1 is 1.56 bits per heavy atom. The molecule has 96 valence electrons. The Hall–Kier alpha value is 0.490. The molecule has 1 N–H and O–H groups in total. The number of rotatable bonds is 6. The predicted molar refractivity (Wildman–Crippen MR) is 66.8 cm³/mol. The molecule has 0 radical (unpaired) electrons. The first-order chi connectivity index (χ1) is 7.44. The van der Waals surface area contributed by atoms with Gasteiger partial charge in [-0.25, -0.2) is 0 Å². The minimum atomic E-state index is -3.08. The Balaban J connectivity index is 2.35. The van der Waals surface area contributed by atoms with Crippen molar-refractivity contribution in [3.8, 4) is 0 Å². The van der Waals surface area contributed by atoms with Gasteiger partial charge < -0.3 is 18.7 Å². The van der Waals surface area contributed by atoms with Crippen molar-refractivity contribution in [2.75, 3.05) is 13.2 Å². The van der Waals surface area contributed by atoms with Gasteiger partial charge in [-0.3, -0.25) is 0 Å². The summed E-state index contributed by atoms with van der Waals surface area (Å²) in [6.07, 6.45) is 2.05. The van der Waals surface area contributed by atoms with Crippen LogP contribution >= 0.6 is 6.72 Å². The molecule has 3 atom stereocenters. The van der Waals surface area contributed by atoms with Gasteiger partial charge in [0.05, 0.1) is 18.8 Å². The predicted octanol–water partition coefficient (Wildman–Crippen LogP) is 2.46. The summed E-state index contributed by atoms with van der Waals surface area (Å²) in [5, 5.41) is 0. The van der Waals surface area contributed by atoms with Crippen LogP contribution in [0.4, 0.5) is 0 Å². The normalized spacial score (nSPS) is 29.6. The summed E-state index contributed by atoms with van der Waals surface area (Å²) in [4.78, 5) is 9.73. The van der Waals surface area contributed by atoms with Gasteiger partial charge in [-0.05, 0) is 38.0 Å². The molecule has 1 saturated heterocycles. The van der Waals surface area contributed by atoms with E-state index in [1.165, 1.54) is 0 Å². The molecular formula is C10H21O4PS. The van der Waals surface area contributed by atoms with Gasteiger partial charge in [-0.2, -0.15) is 0 Å². The van der Waals surface area contributed by atoms with Gasteiger partial charge in [-0.1, -0.05) is 13.3 Å². The Bertz CT molecular complexity index is 259. The first-order valence-electron chi connectivity index (χ1n) is 5.72. The van der Waals surface area contributed by atoms with E-state index in [0.29, 0.717) is 12.5 Å². The van der Waals surface area contributed by atoms with E-state index in [-0.39, 0.29) is 12.2 Å². The standard InChI is InChI=1S/C10H21O4PS/c1-4-9-5-6-12-10(9)7-13-15(11,16)14-8(2)3/h8-10H,4-7H2,1-3H3,(H,11,16)/t9-,10?,15?/m0/s1. The van der Waals surface area contributed by atoms with Crippen molar-refractivity contribution in [3.05, 3.63) is 0 Å². The number of hydrogen-bond acceptors (Lipinski definition) is 4. The van der Waals surface area contributed by atoms with Crippen LogP contribution in [0.1, 0.15) is 33.6 Å². The molecule has 0 aromatic carbocycles. The summed E-state index contributed by atoms with van der Waals surface area (Å²) in [6.45, 7) is 3.79. The molecule has 1 aliphatic rings. The third-order valence-electron chi connectivity index (χ3n) is 2.62. The lowest BCUT2D eigenvalue weighted by Gasteiger charge is -2.22. The van der Waals surface area contributed by atoms with Crippen molar-refractivity contribution in [1.29, 1.82) is 0 Å². The molecule has 0 saturated carbocycles. The van der Waals surface area contributed by atoms with E-state index in [1.54, 1.807) is 0 Å². The molecule has 0 spiro atoms. The smallest absolute Gasteiger partial charge is 0.324 e. The minimum absolute atomic E-state index is 0.0511. The topological polar surface area (TPSA) is 47.9 Å². The van der Waals surface area contributed by atoms with Gasteiger partial charge in [0.1, 0.15) is 0 Å². The largest absolute Gasteiger partial charge is 0.376 e. The average Bonchev–Trinajstić information content (AvgIpc) is 2.59. The Morgan fingerprint density at radius 2 is 2.25 bits per heavy atom. The molecule has 6 heteroatoms. The van der Waals surface area contributed by atoms with Crippen molar-refractivity contribution in [1.82, 2.24) is 0 Å². The van der Waals surface area contributed by atoms with Gasteiger partial charge in [0.2, 0.25) is 0 Å². The minimum Gasteiger partial charge on any atom is -0.376 e. The zero-order chi connectivity index (χ0) is 12.2. The van der Waals surface area contributed by atoms with Gasteiger partial charge in [0.15, 0.2) is 0 Å². The van der Waals surface area contributed by atoms with Crippen molar-refractivity contribution in [3.63, 3.8) is 0 Å². The van der Waals surface area contributed by atoms with E-state index < -0.39 is 6.72 Å². The van der Waals surface area contributed by atoms with E-state index in [2.05, 4.69) is 6.92 Å². The van der Waals surface area contributed by atoms with Crippen LogP contribution in [0.2, 0.25) is 0 Å². The van der Waals surface area contributed by atoms with E-state index in [1.807, 2.05) is 13.8 Å². The fourth-order valence-electron chi connectivity index (χ4n) is 1.81. The van der Waals surface area contributed by atoms with Crippen LogP contribution in [0.5, 0.6) is 0 Å².